The van der Waals surface area contributed by atoms with Crippen LogP contribution >= 0.6 is 11.3 Å². The van der Waals surface area contributed by atoms with E-state index in [-0.39, 0.29) is 11.8 Å². The first-order valence-corrected chi connectivity index (χ1v) is 12.4. The van der Waals surface area contributed by atoms with Crippen molar-refractivity contribution in [2.75, 3.05) is 54.0 Å². The van der Waals surface area contributed by atoms with E-state index in [2.05, 4.69) is 32.6 Å². The summed E-state index contributed by atoms with van der Waals surface area (Å²) >= 11 is 1.39. The summed E-state index contributed by atoms with van der Waals surface area (Å²) in [5.74, 6) is -0.240. The number of hydrogen-bond donors (Lipinski definition) is 3. The molecule has 1 aliphatic rings. The standard InChI is InChI=1S/C27H27N5O2S/c28-22-8-4-5-9-23(22)30-27(34)25-16-19-10-11-20(17-24(19)35-25)29-26(33)18-31-12-14-32(15-13-31)21-6-2-1-3-7-21/h1-11,16-17H,12-15,18,28H2,(H,29,33)(H,30,34). The number of para-hydroxylation sites is 3. The lowest BCUT2D eigenvalue weighted by Crippen LogP contribution is -2.48. The fourth-order valence-electron chi connectivity index (χ4n) is 4.22. The molecule has 0 saturated carbocycles. The molecule has 3 aromatic carbocycles. The maximum atomic E-state index is 12.7. The summed E-state index contributed by atoms with van der Waals surface area (Å²) in [5, 5.41) is 6.82. The highest BCUT2D eigenvalue weighted by Crippen LogP contribution is 2.29. The molecular weight excluding hydrogens is 458 g/mol. The van der Waals surface area contributed by atoms with Crippen LogP contribution < -0.4 is 21.3 Å². The summed E-state index contributed by atoms with van der Waals surface area (Å²) < 4.78 is 0.936. The van der Waals surface area contributed by atoms with Crippen molar-refractivity contribution in [2.45, 2.75) is 0 Å². The number of benzene rings is 3. The van der Waals surface area contributed by atoms with Gasteiger partial charge in [0.15, 0.2) is 0 Å². The molecule has 5 rings (SSSR count). The Hall–Kier alpha value is -3.88. The van der Waals surface area contributed by atoms with Crippen LogP contribution in [0.25, 0.3) is 10.1 Å². The smallest absolute Gasteiger partial charge is 0.265 e. The van der Waals surface area contributed by atoms with Crippen LogP contribution in [0.2, 0.25) is 0 Å². The maximum absolute atomic E-state index is 12.7. The van der Waals surface area contributed by atoms with E-state index in [4.69, 9.17) is 5.73 Å². The number of amides is 2. The normalized spacial score (nSPS) is 14.1. The lowest BCUT2D eigenvalue weighted by Gasteiger charge is -2.35. The number of carbonyl (C=O) groups is 2. The summed E-state index contributed by atoms with van der Waals surface area (Å²) in [6, 6.07) is 25.1. The summed E-state index contributed by atoms with van der Waals surface area (Å²) in [6.45, 7) is 3.85. The highest BCUT2D eigenvalue weighted by atomic mass is 32.1. The number of anilines is 4. The topological polar surface area (TPSA) is 90.7 Å². The van der Waals surface area contributed by atoms with Crippen molar-refractivity contribution in [3.63, 3.8) is 0 Å². The molecule has 1 aromatic heterocycles. The maximum Gasteiger partial charge on any atom is 0.265 e. The number of rotatable bonds is 6. The Morgan fingerprint density at radius 3 is 2.37 bits per heavy atom. The average Bonchev–Trinajstić information content (AvgIpc) is 3.30. The molecular formula is C27H27N5O2S. The van der Waals surface area contributed by atoms with Gasteiger partial charge in [-0.05, 0) is 47.9 Å². The molecule has 178 valence electrons. The molecule has 8 heteroatoms. The number of fused-ring (bicyclic) bond motifs is 1. The minimum absolute atomic E-state index is 0.0356. The van der Waals surface area contributed by atoms with E-state index < -0.39 is 0 Å². The number of piperazine rings is 1. The van der Waals surface area contributed by atoms with Crippen LogP contribution in [0.3, 0.4) is 0 Å². The van der Waals surface area contributed by atoms with Crippen molar-refractivity contribution in [3.05, 3.63) is 83.7 Å². The second kappa shape index (κ2) is 10.2. The predicted molar refractivity (Wildman–Crippen MR) is 144 cm³/mol. The second-order valence-electron chi connectivity index (χ2n) is 8.55. The number of carbonyl (C=O) groups excluding carboxylic acids is 2. The molecule has 0 aliphatic carbocycles. The highest BCUT2D eigenvalue weighted by molar-refractivity contribution is 7.21. The van der Waals surface area contributed by atoms with Gasteiger partial charge in [0.2, 0.25) is 5.91 Å². The van der Waals surface area contributed by atoms with Crippen LogP contribution in [-0.2, 0) is 4.79 Å². The van der Waals surface area contributed by atoms with Crippen molar-refractivity contribution in [1.29, 1.82) is 0 Å². The molecule has 7 nitrogen and oxygen atoms in total. The van der Waals surface area contributed by atoms with Gasteiger partial charge in [0.05, 0.1) is 22.8 Å². The molecule has 0 unspecified atom stereocenters. The summed E-state index contributed by atoms with van der Waals surface area (Å²) in [6.07, 6.45) is 0. The Balaban J connectivity index is 1.17. The Morgan fingerprint density at radius 1 is 0.857 bits per heavy atom. The van der Waals surface area contributed by atoms with E-state index in [1.807, 2.05) is 54.6 Å². The molecule has 2 amide bonds. The van der Waals surface area contributed by atoms with Crippen molar-refractivity contribution < 1.29 is 9.59 Å². The number of hydrogen-bond acceptors (Lipinski definition) is 6. The zero-order valence-electron chi connectivity index (χ0n) is 19.2. The second-order valence-corrected chi connectivity index (χ2v) is 9.64. The third kappa shape index (κ3) is 5.45. The van der Waals surface area contributed by atoms with Crippen LogP contribution in [0, 0.1) is 0 Å². The lowest BCUT2D eigenvalue weighted by atomic mass is 10.2. The van der Waals surface area contributed by atoms with Crippen molar-refractivity contribution in [2.24, 2.45) is 0 Å². The van der Waals surface area contributed by atoms with Gasteiger partial charge in [-0.1, -0.05) is 36.4 Å². The van der Waals surface area contributed by atoms with E-state index in [0.717, 1.165) is 42.0 Å². The molecule has 0 radical (unpaired) electrons. The molecule has 1 aliphatic heterocycles. The van der Waals surface area contributed by atoms with Crippen LogP contribution in [-0.4, -0.2) is 49.4 Å². The van der Waals surface area contributed by atoms with Gasteiger partial charge >= 0.3 is 0 Å². The predicted octanol–water partition coefficient (Wildman–Crippen LogP) is 4.50. The minimum Gasteiger partial charge on any atom is -0.397 e. The number of nitrogens with one attached hydrogen (secondary N) is 2. The molecule has 2 heterocycles. The van der Waals surface area contributed by atoms with Crippen LogP contribution in [0.4, 0.5) is 22.7 Å². The molecule has 0 bridgehead atoms. The summed E-state index contributed by atoms with van der Waals surface area (Å²) in [5.41, 5.74) is 8.99. The van der Waals surface area contributed by atoms with Gasteiger partial charge < -0.3 is 21.3 Å². The van der Waals surface area contributed by atoms with Gasteiger partial charge in [0.1, 0.15) is 0 Å². The van der Waals surface area contributed by atoms with Crippen LogP contribution in [0.5, 0.6) is 0 Å². The summed E-state index contributed by atoms with van der Waals surface area (Å²) in [4.78, 5) is 30.5. The van der Waals surface area contributed by atoms with Crippen LogP contribution in [0.15, 0.2) is 78.9 Å². The third-order valence-corrected chi connectivity index (χ3v) is 7.19. The quantitative estimate of drug-likeness (QED) is 0.350. The molecule has 4 N–H and O–H groups in total. The first kappa shape index (κ1) is 22.9. The zero-order chi connectivity index (χ0) is 24.2. The number of nitrogen functional groups attached to an aromatic ring is 1. The Morgan fingerprint density at radius 2 is 1.60 bits per heavy atom. The molecule has 0 spiro atoms. The molecule has 4 aromatic rings. The van der Waals surface area contributed by atoms with Gasteiger partial charge in [0, 0.05) is 42.3 Å². The SMILES string of the molecule is Nc1ccccc1NC(=O)c1cc2ccc(NC(=O)CN3CCN(c4ccccc4)CC3)cc2s1. The monoisotopic (exact) mass is 485 g/mol. The number of thiophene rings is 1. The van der Waals surface area contributed by atoms with E-state index in [0.29, 0.717) is 22.8 Å². The Labute approximate surface area is 208 Å². The zero-order valence-corrected chi connectivity index (χ0v) is 20.1. The van der Waals surface area contributed by atoms with Crippen molar-refractivity contribution >= 4 is 56.0 Å². The Kier molecular flexibility index (Phi) is 6.65. The van der Waals surface area contributed by atoms with Crippen molar-refractivity contribution in [1.82, 2.24) is 4.90 Å². The van der Waals surface area contributed by atoms with Crippen molar-refractivity contribution in [3.8, 4) is 0 Å². The van der Waals surface area contributed by atoms with Gasteiger partial charge in [-0.15, -0.1) is 11.3 Å². The number of nitrogens with zero attached hydrogens (tertiary/aromatic N) is 2. The largest absolute Gasteiger partial charge is 0.397 e. The molecule has 1 fully saturated rings. The fourth-order valence-corrected chi connectivity index (χ4v) is 5.22. The lowest BCUT2D eigenvalue weighted by molar-refractivity contribution is -0.117. The van der Waals surface area contributed by atoms with Gasteiger partial charge in [-0.25, -0.2) is 0 Å². The van der Waals surface area contributed by atoms with Gasteiger partial charge in [0.25, 0.3) is 5.91 Å². The Bertz CT molecular complexity index is 1350. The first-order valence-electron chi connectivity index (χ1n) is 11.6. The van der Waals surface area contributed by atoms with Crippen LogP contribution in [0.1, 0.15) is 9.67 Å². The third-order valence-electron chi connectivity index (χ3n) is 6.10. The van der Waals surface area contributed by atoms with E-state index in [1.54, 1.807) is 12.1 Å². The molecule has 0 atom stereocenters. The van der Waals surface area contributed by atoms with E-state index in [1.165, 1.54) is 17.0 Å². The fraction of sp³-hybridized carbons (Fsp3) is 0.185. The van der Waals surface area contributed by atoms with E-state index >= 15 is 0 Å². The molecule has 35 heavy (non-hydrogen) atoms. The van der Waals surface area contributed by atoms with Gasteiger partial charge in [-0.2, -0.15) is 0 Å². The van der Waals surface area contributed by atoms with E-state index in [9.17, 15) is 9.59 Å². The molecule has 1 saturated heterocycles. The minimum atomic E-state index is -0.204. The highest BCUT2D eigenvalue weighted by Gasteiger charge is 2.19. The average molecular weight is 486 g/mol. The van der Waals surface area contributed by atoms with Gasteiger partial charge in [-0.3, -0.25) is 14.5 Å². The number of nitrogens with two attached hydrogens (primary N) is 1. The summed E-state index contributed by atoms with van der Waals surface area (Å²) in [7, 11) is 0. The first-order chi connectivity index (χ1) is 17.0.